The van der Waals surface area contributed by atoms with E-state index in [4.69, 9.17) is 16.3 Å². The first-order valence-corrected chi connectivity index (χ1v) is 9.79. The Morgan fingerprint density at radius 2 is 2.07 bits per heavy atom. The van der Waals surface area contributed by atoms with Crippen molar-refractivity contribution in [2.75, 3.05) is 0 Å². The summed E-state index contributed by atoms with van der Waals surface area (Å²) in [5.41, 5.74) is 2.93. The zero-order valence-electron chi connectivity index (χ0n) is 15.0. The van der Waals surface area contributed by atoms with Gasteiger partial charge < -0.3 is 13.7 Å². The van der Waals surface area contributed by atoms with Crippen molar-refractivity contribution >= 4 is 29.0 Å². The van der Waals surface area contributed by atoms with Crippen molar-refractivity contribution < 1.29 is 4.74 Å². The van der Waals surface area contributed by atoms with Crippen LogP contribution in [0.4, 0.5) is 0 Å². The molecule has 6 nitrogen and oxygen atoms in total. The highest BCUT2D eigenvalue weighted by Crippen LogP contribution is 2.23. The van der Waals surface area contributed by atoms with Gasteiger partial charge in [-0.15, -0.1) is 10.2 Å². The molecule has 3 aromatic heterocycles. The van der Waals surface area contributed by atoms with Crippen molar-refractivity contribution in [3.05, 3.63) is 70.9 Å². The molecule has 0 amide bonds. The molecule has 4 aromatic rings. The van der Waals surface area contributed by atoms with Gasteiger partial charge in [0.05, 0.1) is 5.69 Å². The van der Waals surface area contributed by atoms with Crippen LogP contribution in [0.5, 0.6) is 5.75 Å². The maximum absolute atomic E-state index is 6.05. The largest absolute Gasteiger partial charge is 0.486 e. The van der Waals surface area contributed by atoms with Crippen LogP contribution in [0.3, 0.4) is 0 Å². The molecule has 0 bridgehead atoms. The highest BCUT2D eigenvalue weighted by molar-refractivity contribution is 7.98. The van der Waals surface area contributed by atoms with E-state index in [1.165, 1.54) is 0 Å². The number of rotatable bonds is 6. The van der Waals surface area contributed by atoms with Crippen molar-refractivity contribution in [2.24, 2.45) is 7.05 Å². The Morgan fingerprint density at radius 3 is 2.89 bits per heavy atom. The minimum atomic E-state index is 0.347. The summed E-state index contributed by atoms with van der Waals surface area (Å²) >= 11 is 7.65. The predicted molar refractivity (Wildman–Crippen MR) is 106 cm³/mol. The Bertz CT molecular complexity index is 1060. The second kappa shape index (κ2) is 7.62. The molecule has 0 saturated heterocycles. The van der Waals surface area contributed by atoms with Crippen LogP contribution < -0.4 is 4.74 Å². The van der Waals surface area contributed by atoms with Gasteiger partial charge in [-0.3, -0.25) is 0 Å². The van der Waals surface area contributed by atoms with E-state index in [2.05, 4.69) is 15.2 Å². The van der Waals surface area contributed by atoms with Gasteiger partial charge in [0.2, 0.25) is 0 Å². The van der Waals surface area contributed by atoms with Gasteiger partial charge in [0.15, 0.2) is 11.0 Å². The Morgan fingerprint density at radius 1 is 1.19 bits per heavy atom. The molecule has 1 aromatic carbocycles. The minimum absolute atomic E-state index is 0.347. The first-order valence-electron chi connectivity index (χ1n) is 8.43. The summed E-state index contributed by atoms with van der Waals surface area (Å²) in [7, 11) is 1.94. The molecule has 0 aliphatic carbocycles. The zero-order chi connectivity index (χ0) is 18.8. The molecule has 0 fully saturated rings. The van der Waals surface area contributed by atoms with Crippen LogP contribution in [0.15, 0.2) is 53.9 Å². The number of hydrogen-bond donors (Lipinski definition) is 0. The lowest BCUT2D eigenvalue weighted by atomic mass is 10.2. The highest BCUT2D eigenvalue weighted by atomic mass is 35.5. The lowest BCUT2D eigenvalue weighted by Gasteiger charge is -2.07. The summed E-state index contributed by atoms with van der Waals surface area (Å²) in [6, 6.07) is 11.6. The van der Waals surface area contributed by atoms with Crippen molar-refractivity contribution in [1.29, 1.82) is 0 Å². The predicted octanol–water partition coefficient (Wildman–Crippen LogP) is 4.30. The highest BCUT2D eigenvalue weighted by Gasteiger charge is 2.11. The topological polar surface area (TPSA) is 57.2 Å². The molecule has 0 aliphatic heterocycles. The Kier molecular flexibility index (Phi) is 5.05. The molecular formula is C19H18ClN5OS. The van der Waals surface area contributed by atoms with Gasteiger partial charge in [-0.25, -0.2) is 4.98 Å². The Labute approximate surface area is 166 Å². The van der Waals surface area contributed by atoms with E-state index >= 15 is 0 Å². The van der Waals surface area contributed by atoms with E-state index in [0.717, 1.165) is 44.4 Å². The van der Waals surface area contributed by atoms with Crippen molar-refractivity contribution in [3.8, 4) is 5.75 Å². The molecule has 3 heterocycles. The van der Waals surface area contributed by atoms with Gasteiger partial charge in [-0.05, 0) is 42.8 Å². The standard InChI is InChI=1S/C19H18ClN5OS/c1-13-9-15(6-7-16(13)20)26-11-18-22-23-19(24(18)2)27-12-14-10-25-8-4-3-5-17(25)21-14/h3-10H,11-12H2,1-2H3. The Balaban J connectivity index is 1.40. The monoisotopic (exact) mass is 399 g/mol. The van der Waals surface area contributed by atoms with Crippen LogP contribution in [0.1, 0.15) is 17.1 Å². The van der Waals surface area contributed by atoms with Gasteiger partial charge in [0.25, 0.3) is 0 Å². The molecule has 0 radical (unpaired) electrons. The number of halogens is 1. The van der Waals surface area contributed by atoms with E-state index in [-0.39, 0.29) is 0 Å². The molecule has 0 spiro atoms. The van der Waals surface area contributed by atoms with Crippen LogP contribution in [0, 0.1) is 6.92 Å². The number of aromatic nitrogens is 5. The summed E-state index contributed by atoms with van der Waals surface area (Å²) in [5, 5.41) is 10.1. The fourth-order valence-electron chi connectivity index (χ4n) is 2.65. The summed E-state index contributed by atoms with van der Waals surface area (Å²) < 4.78 is 9.78. The summed E-state index contributed by atoms with van der Waals surface area (Å²) in [4.78, 5) is 4.60. The first-order chi connectivity index (χ1) is 13.1. The number of ether oxygens (including phenoxy) is 1. The smallest absolute Gasteiger partial charge is 0.191 e. The number of imidazole rings is 1. The lowest BCUT2D eigenvalue weighted by Crippen LogP contribution is -2.04. The maximum Gasteiger partial charge on any atom is 0.191 e. The third-order valence-corrected chi connectivity index (χ3v) is 5.66. The minimum Gasteiger partial charge on any atom is -0.486 e. The first kappa shape index (κ1) is 17.9. The third kappa shape index (κ3) is 3.94. The average molecular weight is 400 g/mol. The fraction of sp³-hybridized carbons (Fsp3) is 0.211. The van der Waals surface area contributed by atoms with Crippen molar-refractivity contribution in [2.45, 2.75) is 24.4 Å². The average Bonchev–Trinajstić information content (AvgIpc) is 3.24. The number of nitrogens with zero attached hydrogens (tertiary/aromatic N) is 5. The second-order valence-electron chi connectivity index (χ2n) is 6.14. The summed E-state index contributed by atoms with van der Waals surface area (Å²) in [5.74, 6) is 2.25. The number of hydrogen-bond acceptors (Lipinski definition) is 5. The Hall–Kier alpha value is -2.51. The number of fused-ring (bicyclic) bond motifs is 1. The summed E-state index contributed by atoms with van der Waals surface area (Å²) in [6.07, 6.45) is 4.03. The molecular weight excluding hydrogens is 382 g/mol. The van der Waals surface area contributed by atoms with Crippen LogP contribution >= 0.6 is 23.4 Å². The SMILES string of the molecule is Cc1cc(OCc2nnc(SCc3cn4ccccc4n3)n2C)ccc1Cl. The van der Waals surface area contributed by atoms with Crippen molar-refractivity contribution in [1.82, 2.24) is 24.1 Å². The van der Waals surface area contributed by atoms with Gasteiger partial charge >= 0.3 is 0 Å². The van der Waals surface area contributed by atoms with E-state index in [1.54, 1.807) is 11.8 Å². The molecule has 0 aliphatic rings. The molecule has 8 heteroatoms. The third-order valence-electron chi connectivity index (χ3n) is 4.19. The number of benzene rings is 1. The molecule has 27 heavy (non-hydrogen) atoms. The van der Waals surface area contributed by atoms with Gasteiger partial charge in [0, 0.05) is 30.2 Å². The van der Waals surface area contributed by atoms with E-state index in [9.17, 15) is 0 Å². The van der Waals surface area contributed by atoms with Crippen LogP contribution in [-0.2, 0) is 19.4 Å². The lowest BCUT2D eigenvalue weighted by molar-refractivity contribution is 0.290. The quantitative estimate of drug-likeness (QED) is 0.452. The zero-order valence-corrected chi connectivity index (χ0v) is 16.5. The van der Waals surface area contributed by atoms with Gasteiger partial charge in [-0.2, -0.15) is 0 Å². The molecule has 0 N–H and O–H groups in total. The fourth-order valence-corrected chi connectivity index (χ4v) is 3.58. The molecule has 0 saturated carbocycles. The maximum atomic E-state index is 6.05. The van der Waals surface area contributed by atoms with E-state index < -0.39 is 0 Å². The second-order valence-corrected chi connectivity index (χ2v) is 7.49. The van der Waals surface area contributed by atoms with E-state index in [1.807, 2.05) is 71.7 Å². The van der Waals surface area contributed by atoms with Gasteiger partial charge in [-0.1, -0.05) is 29.4 Å². The van der Waals surface area contributed by atoms with Crippen LogP contribution in [-0.4, -0.2) is 24.1 Å². The molecule has 4 rings (SSSR count). The molecule has 0 unspecified atom stereocenters. The number of thioether (sulfide) groups is 1. The van der Waals surface area contributed by atoms with Crippen LogP contribution in [0.2, 0.25) is 5.02 Å². The van der Waals surface area contributed by atoms with Crippen LogP contribution in [0.25, 0.3) is 5.65 Å². The number of pyridine rings is 1. The molecule has 0 atom stereocenters. The van der Waals surface area contributed by atoms with E-state index in [0.29, 0.717) is 6.61 Å². The van der Waals surface area contributed by atoms with Crippen molar-refractivity contribution in [3.63, 3.8) is 0 Å². The normalized spacial score (nSPS) is 11.2. The number of aryl methyl sites for hydroxylation is 1. The molecule has 138 valence electrons. The summed E-state index contributed by atoms with van der Waals surface area (Å²) in [6.45, 7) is 2.30. The van der Waals surface area contributed by atoms with Gasteiger partial charge in [0.1, 0.15) is 18.0 Å².